The predicted octanol–water partition coefficient (Wildman–Crippen LogP) is 2.83. The molecule has 0 unspecified atom stereocenters. The second-order valence-corrected chi connectivity index (χ2v) is 6.73. The molecule has 0 bridgehead atoms. The topological polar surface area (TPSA) is 62.3 Å². The molecule has 1 aliphatic rings. The number of rotatable bonds is 7. The molecule has 1 N–H and O–H groups in total. The van der Waals surface area contributed by atoms with Gasteiger partial charge in [0.05, 0.1) is 5.69 Å². The minimum atomic E-state index is -0.0301. The summed E-state index contributed by atoms with van der Waals surface area (Å²) in [6.45, 7) is 2.75. The largest absolute Gasteiger partial charge is 0.353 e. The number of likely N-dealkylation sites (tertiary alicyclic amines) is 1. The summed E-state index contributed by atoms with van der Waals surface area (Å²) in [6, 6.07) is 15.3. The van der Waals surface area contributed by atoms with E-state index in [0.717, 1.165) is 38.2 Å². The highest BCUT2D eigenvalue weighted by Crippen LogP contribution is 2.13. The van der Waals surface area contributed by atoms with Crippen molar-refractivity contribution in [3.8, 4) is 0 Å². The normalized spacial score (nSPS) is 15.5. The molecule has 3 rings (SSSR count). The molecule has 0 radical (unpaired) electrons. The Morgan fingerprint density at radius 2 is 1.73 bits per heavy atom. The van der Waals surface area contributed by atoms with Crippen molar-refractivity contribution in [3.05, 3.63) is 66.0 Å². The van der Waals surface area contributed by atoms with E-state index in [1.807, 2.05) is 42.6 Å². The van der Waals surface area contributed by atoms with Crippen LogP contribution in [0, 0.1) is 0 Å². The van der Waals surface area contributed by atoms with Crippen molar-refractivity contribution in [2.24, 2.45) is 0 Å². The molecule has 2 aromatic rings. The zero-order valence-electron chi connectivity index (χ0n) is 14.9. The van der Waals surface area contributed by atoms with E-state index in [1.54, 1.807) is 12.1 Å². The first-order valence-electron chi connectivity index (χ1n) is 9.20. The molecule has 1 saturated heterocycles. The molecule has 1 amide bonds. The van der Waals surface area contributed by atoms with Gasteiger partial charge in [0.15, 0.2) is 5.78 Å². The Morgan fingerprint density at radius 3 is 2.42 bits per heavy atom. The van der Waals surface area contributed by atoms with Crippen LogP contribution < -0.4 is 5.32 Å². The van der Waals surface area contributed by atoms with Gasteiger partial charge in [0.2, 0.25) is 5.91 Å². The number of nitrogens with one attached hydrogen (secondary N) is 1. The number of benzene rings is 1. The summed E-state index contributed by atoms with van der Waals surface area (Å²) < 4.78 is 0. The maximum Gasteiger partial charge on any atom is 0.220 e. The van der Waals surface area contributed by atoms with Gasteiger partial charge in [-0.2, -0.15) is 0 Å². The molecular formula is C21H25N3O2. The van der Waals surface area contributed by atoms with Gasteiger partial charge in [-0.1, -0.05) is 36.4 Å². The fourth-order valence-electron chi connectivity index (χ4n) is 3.25. The molecule has 2 heterocycles. The number of ketones is 1. The Hall–Kier alpha value is -2.53. The number of carbonyl (C=O) groups is 2. The van der Waals surface area contributed by atoms with Gasteiger partial charge >= 0.3 is 0 Å². The number of aromatic nitrogens is 1. The standard InChI is InChI=1S/C21H25N3O2/c25-20(17-6-2-1-3-7-17)9-10-21(26)23-18-11-14-24(15-12-18)16-19-8-4-5-13-22-19/h1-8,13,18H,9-12,14-16H2,(H,23,26). The number of amides is 1. The molecule has 0 atom stereocenters. The Labute approximate surface area is 154 Å². The summed E-state index contributed by atoms with van der Waals surface area (Å²) in [6.07, 6.45) is 4.20. The first kappa shape index (κ1) is 18.3. The van der Waals surface area contributed by atoms with Crippen LogP contribution in [0.2, 0.25) is 0 Å². The first-order chi connectivity index (χ1) is 12.7. The predicted molar refractivity (Wildman–Crippen MR) is 101 cm³/mol. The van der Waals surface area contributed by atoms with Crippen LogP contribution in [0.5, 0.6) is 0 Å². The van der Waals surface area contributed by atoms with Crippen LogP contribution in [0.25, 0.3) is 0 Å². The first-order valence-corrected chi connectivity index (χ1v) is 9.20. The Kier molecular flexibility index (Phi) is 6.50. The van der Waals surface area contributed by atoms with Gasteiger partial charge in [-0.25, -0.2) is 0 Å². The summed E-state index contributed by atoms with van der Waals surface area (Å²) in [5.41, 5.74) is 1.75. The average Bonchev–Trinajstić information content (AvgIpc) is 2.69. The maximum atomic E-state index is 12.1. The van der Waals surface area contributed by atoms with Gasteiger partial charge < -0.3 is 5.32 Å². The smallest absolute Gasteiger partial charge is 0.220 e. The van der Waals surface area contributed by atoms with Crippen LogP contribution in [0.3, 0.4) is 0 Å². The van der Waals surface area contributed by atoms with Crippen molar-refractivity contribution in [2.75, 3.05) is 13.1 Å². The van der Waals surface area contributed by atoms with Gasteiger partial charge in [-0.05, 0) is 25.0 Å². The lowest BCUT2D eigenvalue weighted by Crippen LogP contribution is -2.44. The van der Waals surface area contributed by atoms with Crippen LogP contribution in [-0.4, -0.2) is 40.7 Å². The number of carbonyl (C=O) groups excluding carboxylic acids is 2. The molecule has 136 valence electrons. The molecule has 5 heteroatoms. The van der Waals surface area contributed by atoms with Crippen molar-refractivity contribution in [2.45, 2.75) is 38.3 Å². The molecule has 0 spiro atoms. The van der Waals surface area contributed by atoms with E-state index < -0.39 is 0 Å². The number of pyridine rings is 1. The minimum Gasteiger partial charge on any atom is -0.353 e. The molecule has 1 aromatic carbocycles. The zero-order valence-corrected chi connectivity index (χ0v) is 14.9. The number of hydrogen-bond donors (Lipinski definition) is 1. The van der Waals surface area contributed by atoms with Gasteiger partial charge in [0, 0.05) is 50.3 Å². The van der Waals surface area contributed by atoms with Gasteiger partial charge in [-0.3, -0.25) is 19.5 Å². The number of piperidine rings is 1. The van der Waals surface area contributed by atoms with Crippen LogP contribution >= 0.6 is 0 Å². The van der Waals surface area contributed by atoms with Crippen molar-refractivity contribution in [1.82, 2.24) is 15.2 Å². The molecule has 0 saturated carbocycles. The van der Waals surface area contributed by atoms with E-state index in [2.05, 4.69) is 15.2 Å². The van der Waals surface area contributed by atoms with E-state index in [-0.39, 0.29) is 30.6 Å². The van der Waals surface area contributed by atoms with Gasteiger partial charge in [0.1, 0.15) is 0 Å². The second kappa shape index (κ2) is 9.25. The van der Waals surface area contributed by atoms with Crippen molar-refractivity contribution < 1.29 is 9.59 Å². The van der Waals surface area contributed by atoms with Gasteiger partial charge in [-0.15, -0.1) is 0 Å². The lowest BCUT2D eigenvalue weighted by atomic mass is 10.0. The summed E-state index contributed by atoms with van der Waals surface area (Å²) in [7, 11) is 0. The van der Waals surface area contributed by atoms with Crippen LogP contribution in [0.1, 0.15) is 41.7 Å². The third-order valence-corrected chi connectivity index (χ3v) is 4.74. The van der Waals surface area contributed by atoms with Crippen molar-refractivity contribution in [1.29, 1.82) is 0 Å². The lowest BCUT2D eigenvalue weighted by molar-refractivity contribution is -0.122. The van der Waals surface area contributed by atoms with Crippen LogP contribution in [0.4, 0.5) is 0 Å². The SMILES string of the molecule is O=C(CCC(=O)c1ccccc1)NC1CCN(Cc2ccccn2)CC1. The Balaban J connectivity index is 1.36. The average molecular weight is 351 g/mol. The highest BCUT2D eigenvalue weighted by atomic mass is 16.2. The Morgan fingerprint density at radius 1 is 1.00 bits per heavy atom. The molecular weight excluding hydrogens is 326 g/mol. The van der Waals surface area contributed by atoms with Gasteiger partial charge in [0.25, 0.3) is 0 Å². The minimum absolute atomic E-state index is 0.0194. The van der Waals surface area contributed by atoms with Crippen molar-refractivity contribution in [3.63, 3.8) is 0 Å². The zero-order chi connectivity index (χ0) is 18.2. The van der Waals surface area contributed by atoms with Crippen molar-refractivity contribution >= 4 is 11.7 Å². The molecule has 1 aromatic heterocycles. The third kappa shape index (κ3) is 5.49. The molecule has 1 fully saturated rings. The fraction of sp³-hybridized carbons (Fsp3) is 0.381. The molecule has 5 nitrogen and oxygen atoms in total. The summed E-state index contributed by atoms with van der Waals surface area (Å²) >= 11 is 0. The summed E-state index contributed by atoms with van der Waals surface area (Å²) in [5, 5.41) is 3.08. The Bertz CT molecular complexity index is 711. The van der Waals surface area contributed by atoms with E-state index >= 15 is 0 Å². The number of Topliss-reactive ketones (excluding diaryl/α,β-unsaturated/α-hetero) is 1. The monoisotopic (exact) mass is 351 g/mol. The maximum absolute atomic E-state index is 12.1. The van der Waals surface area contributed by atoms with E-state index in [9.17, 15) is 9.59 Å². The summed E-state index contributed by atoms with van der Waals surface area (Å²) in [5.74, 6) is -0.0108. The number of hydrogen-bond acceptors (Lipinski definition) is 4. The summed E-state index contributed by atoms with van der Waals surface area (Å²) in [4.78, 5) is 30.9. The molecule has 26 heavy (non-hydrogen) atoms. The second-order valence-electron chi connectivity index (χ2n) is 6.73. The van der Waals surface area contributed by atoms with E-state index in [4.69, 9.17) is 0 Å². The third-order valence-electron chi connectivity index (χ3n) is 4.74. The molecule has 1 aliphatic heterocycles. The van der Waals surface area contributed by atoms with Crippen LogP contribution in [-0.2, 0) is 11.3 Å². The van der Waals surface area contributed by atoms with E-state index in [0.29, 0.717) is 5.56 Å². The highest BCUT2D eigenvalue weighted by molar-refractivity contribution is 5.97. The number of nitrogens with zero attached hydrogens (tertiary/aromatic N) is 2. The molecule has 0 aliphatic carbocycles. The highest BCUT2D eigenvalue weighted by Gasteiger charge is 2.21. The van der Waals surface area contributed by atoms with Crippen LogP contribution in [0.15, 0.2) is 54.7 Å². The quantitative estimate of drug-likeness (QED) is 0.779. The fourth-order valence-corrected chi connectivity index (χ4v) is 3.25. The lowest BCUT2D eigenvalue weighted by Gasteiger charge is -2.32. The van der Waals surface area contributed by atoms with E-state index in [1.165, 1.54) is 0 Å².